The third kappa shape index (κ3) is 2.65. The summed E-state index contributed by atoms with van der Waals surface area (Å²) in [7, 11) is 0. The molecule has 2 rings (SSSR count). The molecule has 1 aromatic heterocycles. The Kier molecular flexibility index (Phi) is 3.14. The number of nitrogens with zero attached hydrogens (tertiary/aromatic N) is 1. The Morgan fingerprint density at radius 3 is 2.88 bits per heavy atom. The van der Waals surface area contributed by atoms with Gasteiger partial charge >= 0.3 is 6.01 Å². The maximum atomic E-state index is 11.8. The second-order valence-electron chi connectivity index (χ2n) is 3.48. The van der Waals surface area contributed by atoms with Crippen LogP contribution >= 0.6 is 15.9 Å². The van der Waals surface area contributed by atoms with Crippen LogP contribution in [0.1, 0.15) is 16.1 Å². The molecule has 1 aromatic carbocycles. The van der Waals surface area contributed by atoms with Crippen molar-refractivity contribution in [2.45, 2.75) is 6.92 Å². The van der Waals surface area contributed by atoms with Crippen LogP contribution in [0.25, 0.3) is 0 Å². The van der Waals surface area contributed by atoms with Crippen molar-refractivity contribution in [3.05, 3.63) is 40.2 Å². The zero-order valence-electron chi connectivity index (χ0n) is 9.03. The molecular weight excluding hydrogens is 286 g/mol. The maximum Gasteiger partial charge on any atom is 0.301 e. The van der Waals surface area contributed by atoms with E-state index in [4.69, 9.17) is 10.2 Å². The summed E-state index contributed by atoms with van der Waals surface area (Å²) in [5, 5.41) is 2.55. The first kappa shape index (κ1) is 11.7. The zero-order valence-corrected chi connectivity index (χ0v) is 10.6. The van der Waals surface area contributed by atoms with Crippen LogP contribution in [0, 0.1) is 6.92 Å². The number of aromatic nitrogens is 1. The van der Waals surface area contributed by atoms with Gasteiger partial charge < -0.3 is 10.2 Å². The van der Waals surface area contributed by atoms with Crippen LogP contribution in [0.3, 0.4) is 0 Å². The van der Waals surface area contributed by atoms with E-state index in [1.165, 1.54) is 6.26 Å². The number of aryl methyl sites for hydroxylation is 1. The lowest BCUT2D eigenvalue weighted by Gasteiger charge is -2.03. The molecule has 0 bridgehead atoms. The summed E-state index contributed by atoms with van der Waals surface area (Å²) < 4.78 is 5.71. The number of nitrogens with two attached hydrogens (primary N) is 1. The van der Waals surface area contributed by atoms with Crippen molar-refractivity contribution in [3.8, 4) is 0 Å². The summed E-state index contributed by atoms with van der Waals surface area (Å²) >= 11 is 3.26. The molecule has 5 nitrogen and oxygen atoms in total. The summed E-state index contributed by atoms with van der Waals surface area (Å²) in [6, 6.07) is 5.10. The molecule has 17 heavy (non-hydrogen) atoms. The first-order valence-corrected chi connectivity index (χ1v) is 5.64. The number of rotatable bonds is 2. The Morgan fingerprint density at radius 2 is 2.29 bits per heavy atom. The molecule has 0 saturated heterocycles. The molecule has 0 saturated carbocycles. The molecule has 0 aliphatic rings. The molecule has 0 unspecified atom stereocenters. The highest BCUT2D eigenvalue weighted by Crippen LogP contribution is 2.21. The van der Waals surface area contributed by atoms with Crippen LogP contribution in [0.4, 0.5) is 11.7 Å². The van der Waals surface area contributed by atoms with Crippen molar-refractivity contribution >= 4 is 33.5 Å². The molecule has 0 radical (unpaired) electrons. The number of anilines is 2. The van der Waals surface area contributed by atoms with E-state index >= 15 is 0 Å². The van der Waals surface area contributed by atoms with Gasteiger partial charge in [-0.05, 0) is 41.1 Å². The average Bonchev–Trinajstić information content (AvgIpc) is 2.68. The third-order valence-electron chi connectivity index (χ3n) is 2.10. The molecule has 88 valence electrons. The summed E-state index contributed by atoms with van der Waals surface area (Å²) in [4.78, 5) is 15.8. The lowest BCUT2D eigenvalue weighted by atomic mass is 10.2. The summed E-state index contributed by atoms with van der Waals surface area (Å²) in [5.74, 6) is -0.299. The normalized spacial score (nSPS) is 10.2. The molecule has 0 aliphatic carbocycles. The minimum absolute atomic E-state index is 0.181. The van der Waals surface area contributed by atoms with Crippen LogP contribution in [-0.4, -0.2) is 10.9 Å². The zero-order chi connectivity index (χ0) is 12.4. The monoisotopic (exact) mass is 295 g/mol. The number of halogens is 1. The molecule has 0 atom stereocenters. The quantitative estimate of drug-likeness (QED) is 0.835. The molecule has 2 aromatic rings. The van der Waals surface area contributed by atoms with E-state index in [0.29, 0.717) is 21.4 Å². The summed E-state index contributed by atoms with van der Waals surface area (Å²) in [6.07, 6.45) is 1.47. The summed E-state index contributed by atoms with van der Waals surface area (Å²) in [6.45, 7) is 1.78. The van der Waals surface area contributed by atoms with Gasteiger partial charge in [0.2, 0.25) is 0 Å². The van der Waals surface area contributed by atoms with Gasteiger partial charge in [-0.3, -0.25) is 10.1 Å². The minimum Gasteiger partial charge on any atom is -0.432 e. The van der Waals surface area contributed by atoms with Crippen molar-refractivity contribution in [3.63, 3.8) is 0 Å². The Morgan fingerprint density at radius 1 is 1.53 bits per heavy atom. The topological polar surface area (TPSA) is 81.2 Å². The van der Waals surface area contributed by atoms with E-state index in [-0.39, 0.29) is 11.9 Å². The largest absolute Gasteiger partial charge is 0.432 e. The number of nitrogen functional groups attached to an aromatic ring is 1. The molecule has 3 N–H and O–H groups in total. The third-order valence-corrected chi connectivity index (χ3v) is 2.79. The Labute approximate surface area is 106 Å². The molecule has 6 heteroatoms. The van der Waals surface area contributed by atoms with E-state index < -0.39 is 0 Å². The van der Waals surface area contributed by atoms with Gasteiger partial charge in [0.05, 0.1) is 5.69 Å². The van der Waals surface area contributed by atoms with Crippen molar-refractivity contribution in [1.82, 2.24) is 4.98 Å². The van der Waals surface area contributed by atoms with Gasteiger partial charge in [-0.25, -0.2) is 0 Å². The number of carbonyl (C=O) groups excluding carboxylic acids is 1. The number of benzene rings is 1. The number of nitrogens with one attached hydrogen (secondary N) is 1. The maximum absolute atomic E-state index is 11.8. The molecule has 0 spiro atoms. The van der Waals surface area contributed by atoms with Gasteiger partial charge in [0.25, 0.3) is 5.91 Å². The number of hydrogen-bond acceptors (Lipinski definition) is 4. The van der Waals surface area contributed by atoms with Gasteiger partial charge in [-0.15, -0.1) is 0 Å². The molecule has 1 heterocycles. The Balaban J connectivity index is 2.17. The fraction of sp³-hybridized carbons (Fsp3) is 0.0909. The van der Waals surface area contributed by atoms with Gasteiger partial charge in [0.1, 0.15) is 6.26 Å². The van der Waals surface area contributed by atoms with E-state index in [1.807, 2.05) is 0 Å². The predicted octanol–water partition coefficient (Wildman–Crippen LogP) is 2.58. The van der Waals surface area contributed by atoms with Gasteiger partial charge in [-0.1, -0.05) is 0 Å². The fourth-order valence-electron chi connectivity index (χ4n) is 1.25. The molecule has 0 fully saturated rings. The van der Waals surface area contributed by atoms with E-state index in [0.717, 1.165) is 0 Å². The van der Waals surface area contributed by atoms with Crippen LogP contribution in [-0.2, 0) is 0 Å². The van der Waals surface area contributed by atoms with Crippen LogP contribution < -0.4 is 11.1 Å². The standard InChI is InChI=1S/C11H10BrN3O2/c1-6-5-17-11(14-6)15-10(16)7-2-3-9(13)8(12)4-7/h2-5H,13H2,1H3,(H,14,15,16). The van der Waals surface area contributed by atoms with Gasteiger partial charge in [0, 0.05) is 15.7 Å². The van der Waals surface area contributed by atoms with E-state index in [1.54, 1.807) is 25.1 Å². The number of oxazole rings is 1. The van der Waals surface area contributed by atoms with Gasteiger partial charge in [0.15, 0.2) is 0 Å². The highest BCUT2D eigenvalue weighted by atomic mass is 79.9. The first-order valence-electron chi connectivity index (χ1n) is 4.85. The first-order chi connectivity index (χ1) is 8.06. The van der Waals surface area contributed by atoms with Crippen molar-refractivity contribution < 1.29 is 9.21 Å². The van der Waals surface area contributed by atoms with Crippen molar-refractivity contribution in [2.75, 3.05) is 11.1 Å². The second-order valence-corrected chi connectivity index (χ2v) is 4.34. The lowest BCUT2D eigenvalue weighted by Crippen LogP contribution is -2.12. The smallest absolute Gasteiger partial charge is 0.301 e. The lowest BCUT2D eigenvalue weighted by molar-refractivity contribution is 0.102. The molecular formula is C11H10BrN3O2. The van der Waals surface area contributed by atoms with Crippen molar-refractivity contribution in [2.24, 2.45) is 0 Å². The highest BCUT2D eigenvalue weighted by molar-refractivity contribution is 9.10. The number of amides is 1. The Bertz CT molecular complexity index is 566. The number of carbonyl (C=O) groups is 1. The molecule has 0 aliphatic heterocycles. The van der Waals surface area contributed by atoms with Gasteiger partial charge in [-0.2, -0.15) is 4.98 Å². The SMILES string of the molecule is Cc1coc(NC(=O)c2ccc(N)c(Br)c2)n1. The average molecular weight is 296 g/mol. The second kappa shape index (κ2) is 4.58. The predicted molar refractivity (Wildman–Crippen MR) is 67.7 cm³/mol. The van der Waals surface area contributed by atoms with Crippen LogP contribution in [0.2, 0.25) is 0 Å². The highest BCUT2D eigenvalue weighted by Gasteiger charge is 2.10. The Hall–Kier alpha value is -1.82. The number of hydrogen-bond donors (Lipinski definition) is 2. The van der Waals surface area contributed by atoms with Crippen LogP contribution in [0.5, 0.6) is 0 Å². The van der Waals surface area contributed by atoms with Crippen LogP contribution in [0.15, 0.2) is 33.4 Å². The minimum atomic E-state index is -0.299. The summed E-state index contributed by atoms with van der Waals surface area (Å²) in [5.41, 5.74) is 7.39. The van der Waals surface area contributed by atoms with Crippen molar-refractivity contribution in [1.29, 1.82) is 0 Å². The van der Waals surface area contributed by atoms with E-state index in [9.17, 15) is 4.79 Å². The fourth-order valence-corrected chi connectivity index (χ4v) is 1.63. The van der Waals surface area contributed by atoms with E-state index in [2.05, 4.69) is 26.2 Å². The molecule has 1 amide bonds.